The van der Waals surface area contributed by atoms with E-state index in [1.807, 2.05) is 20.1 Å². The maximum absolute atomic E-state index is 12.1. The molecular formula is C15H17ClN2O2S. The molecule has 0 bridgehead atoms. The molecule has 1 aromatic carbocycles. The van der Waals surface area contributed by atoms with Gasteiger partial charge in [0.05, 0.1) is 17.7 Å². The van der Waals surface area contributed by atoms with Crippen LogP contribution in [0.25, 0.3) is 0 Å². The van der Waals surface area contributed by atoms with Crippen LogP contribution in [0.3, 0.4) is 0 Å². The Hall–Kier alpha value is -1.59. The Morgan fingerprint density at radius 1 is 1.33 bits per heavy atom. The molecule has 1 heterocycles. The second kappa shape index (κ2) is 8.64. The number of ketones is 1. The summed E-state index contributed by atoms with van der Waals surface area (Å²) in [7, 11) is 0. The first-order valence-electron chi connectivity index (χ1n) is 6.48. The normalized spacial score (nSPS) is 9.71. The summed E-state index contributed by atoms with van der Waals surface area (Å²) in [6, 6.07) is 6.12. The van der Waals surface area contributed by atoms with Crippen molar-refractivity contribution in [1.29, 1.82) is 0 Å². The quantitative estimate of drug-likeness (QED) is 0.523. The van der Waals surface area contributed by atoms with Crippen molar-refractivity contribution in [3.63, 3.8) is 0 Å². The zero-order valence-electron chi connectivity index (χ0n) is 12.1. The lowest BCUT2D eigenvalue weighted by molar-refractivity contribution is 0.0989. The number of aromatic hydroxyl groups is 1. The Morgan fingerprint density at radius 2 is 2.05 bits per heavy atom. The third-order valence-electron chi connectivity index (χ3n) is 2.48. The van der Waals surface area contributed by atoms with Crippen LogP contribution in [0.15, 0.2) is 35.6 Å². The zero-order valence-corrected chi connectivity index (χ0v) is 13.7. The fourth-order valence-electron chi connectivity index (χ4n) is 1.57. The molecule has 0 amide bonds. The number of phenols is 1. The highest BCUT2D eigenvalue weighted by molar-refractivity contribution is 7.98. The Morgan fingerprint density at radius 3 is 2.67 bits per heavy atom. The lowest BCUT2D eigenvalue weighted by atomic mass is 10.1. The van der Waals surface area contributed by atoms with Crippen LogP contribution >= 0.6 is 23.4 Å². The molecule has 2 aromatic rings. The van der Waals surface area contributed by atoms with Gasteiger partial charge in [-0.1, -0.05) is 37.2 Å². The lowest BCUT2D eigenvalue weighted by Crippen LogP contribution is -2.06. The molecule has 21 heavy (non-hydrogen) atoms. The minimum Gasteiger partial charge on any atom is -0.507 e. The summed E-state index contributed by atoms with van der Waals surface area (Å²) in [4.78, 5) is 20.3. The summed E-state index contributed by atoms with van der Waals surface area (Å²) in [5, 5.41) is 10.7. The highest BCUT2D eigenvalue weighted by Crippen LogP contribution is 2.23. The van der Waals surface area contributed by atoms with Crippen molar-refractivity contribution < 1.29 is 9.90 Å². The van der Waals surface area contributed by atoms with E-state index in [1.165, 1.54) is 23.9 Å². The van der Waals surface area contributed by atoms with Gasteiger partial charge in [0.2, 0.25) is 0 Å². The van der Waals surface area contributed by atoms with Gasteiger partial charge in [-0.15, -0.1) is 0 Å². The van der Waals surface area contributed by atoms with Gasteiger partial charge in [-0.3, -0.25) is 4.79 Å². The second-order valence-electron chi connectivity index (χ2n) is 3.80. The summed E-state index contributed by atoms with van der Waals surface area (Å²) >= 11 is 7.14. The maximum atomic E-state index is 12.1. The Kier molecular flexibility index (Phi) is 7.19. The van der Waals surface area contributed by atoms with E-state index < -0.39 is 0 Å². The van der Waals surface area contributed by atoms with E-state index in [2.05, 4.69) is 9.97 Å². The molecule has 1 N–H and O–H groups in total. The Labute approximate surface area is 133 Å². The highest BCUT2D eigenvalue weighted by atomic mass is 35.5. The van der Waals surface area contributed by atoms with Crippen molar-refractivity contribution >= 4 is 29.1 Å². The average molecular weight is 325 g/mol. The number of carbonyl (C=O) groups is 1. The minimum atomic E-state index is -0.208. The minimum absolute atomic E-state index is 0.114. The number of hydrogen-bond donors (Lipinski definition) is 1. The summed E-state index contributed by atoms with van der Waals surface area (Å²) < 4.78 is 0. The average Bonchev–Trinajstić information content (AvgIpc) is 2.49. The van der Waals surface area contributed by atoms with E-state index in [-0.39, 0.29) is 23.5 Å². The largest absolute Gasteiger partial charge is 0.507 e. The van der Waals surface area contributed by atoms with Gasteiger partial charge in [-0.05, 0) is 30.5 Å². The van der Waals surface area contributed by atoms with Gasteiger partial charge in [0.25, 0.3) is 0 Å². The number of phenolic OH excluding ortho intramolecular Hbond substituents is 1. The van der Waals surface area contributed by atoms with Crippen LogP contribution in [0.2, 0.25) is 5.02 Å². The molecule has 0 aliphatic rings. The molecule has 0 fully saturated rings. The molecule has 0 aliphatic heterocycles. The molecule has 0 radical (unpaired) electrons. The van der Waals surface area contributed by atoms with E-state index in [9.17, 15) is 9.90 Å². The van der Waals surface area contributed by atoms with E-state index in [4.69, 9.17) is 11.6 Å². The van der Waals surface area contributed by atoms with Crippen molar-refractivity contribution in [3.05, 3.63) is 46.7 Å². The van der Waals surface area contributed by atoms with Crippen LogP contribution in [-0.2, 0) is 6.42 Å². The number of Topliss-reactive ketones (excluding diaryl/α,β-unsaturated/α-hetero) is 1. The molecule has 0 spiro atoms. The molecule has 6 heteroatoms. The van der Waals surface area contributed by atoms with Crippen molar-refractivity contribution in [3.8, 4) is 5.75 Å². The number of aromatic nitrogens is 2. The van der Waals surface area contributed by atoms with Crippen LogP contribution in [0.1, 0.15) is 29.9 Å². The first kappa shape index (κ1) is 17.5. The van der Waals surface area contributed by atoms with Gasteiger partial charge in [0.1, 0.15) is 5.75 Å². The summed E-state index contributed by atoms with van der Waals surface area (Å²) in [5.41, 5.74) is 0.868. The van der Waals surface area contributed by atoms with E-state index in [1.54, 1.807) is 18.3 Å². The van der Waals surface area contributed by atoms with Crippen molar-refractivity contribution in [2.75, 3.05) is 6.26 Å². The fourth-order valence-corrected chi connectivity index (χ4v) is 2.11. The zero-order chi connectivity index (χ0) is 15.8. The molecule has 0 saturated heterocycles. The standard InChI is InChI=1S/C13H11ClN2O2S.C2H6/c1-19-13-15-5-4-9(16-13)7-12(18)10-3-2-8(14)6-11(10)17;1-2/h2-6,17H,7H2,1H3;1-2H3. The van der Waals surface area contributed by atoms with Gasteiger partial charge in [0.15, 0.2) is 10.9 Å². The van der Waals surface area contributed by atoms with Crippen LogP contribution in [-0.4, -0.2) is 27.1 Å². The van der Waals surface area contributed by atoms with Gasteiger partial charge in [-0.25, -0.2) is 9.97 Å². The molecule has 1 aromatic heterocycles. The third kappa shape index (κ3) is 5.02. The predicted molar refractivity (Wildman–Crippen MR) is 86.3 cm³/mol. The van der Waals surface area contributed by atoms with E-state index >= 15 is 0 Å². The van der Waals surface area contributed by atoms with Gasteiger partial charge in [0, 0.05) is 11.2 Å². The van der Waals surface area contributed by atoms with Crippen LogP contribution in [0.5, 0.6) is 5.75 Å². The third-order valence-corrected chi connectivity index (χ3v) is 3.27. The number of rotatable bonds is 4. The van der Waals surface area contributed by atoms with Gasteiger partial charge >= 0.3 is 0 Å². The van der Waals surface area contributed by atoms with Gasteiger partial charge in [-0.2, -0.15) is 0 Å². The summed E-state index contributed by atoms with van der Waals surface area (Å²) in [6.07, 6.45) is 3.60. The van der Waals surface area contributed by atoms with Gasteiger partial charge < -0.3 is 5.11 Å². The smallest absolute Gasteiger partial charge is 0.187 e. The summed E-state index contributed by atoms with van der Waals surface area (Å²) in [5.74, 6) is -0.323. The second-order valence-corrected chi connectivity index (χ2v) is 5.01. The molecular weight excluding hydrogens is 308 g/mol. The number of halogens is 1. The molecule has 4 nitrogen and oxygen atoms in total. The number of nitrogens with zero attached hydrogens (tertiary/aromatic N) is 2. The molecule has 2 rings (SSSR count). The number of hydrogen-bond acceptors (Lipinski definition) is 5. The molecule has 0 atom stereocenters. The van der Waals surface area contributed by atoms with E-state index in [0.29, 0.717) is 15.9 Å². The SMILES string of the molecule is CC.CSc1nccc(CC(=O)c2ccc(Cl)cc2O)n1. The van der Waals surface area contributed by atoms with Crippen molar-refractivity contribution in [2.24, 2.45) is 0 Å². The number of carbonyl (C=O) groups excluding carboxylic acids is 1. The Bertz CT molecular complexity index is 620. The fraction of sp³-hybridized carbons (Fsp3) is 0.267. The maximum Gasteiger partial charge on any atom is 0.187 e. The Balaban J connectivity index is 0.00000106. The van der Waals surface area contributed by atoms with Crippen LogP contribution < -0.4 is 0 Å². The predicted octanol–water partition coefficient (Wildman–Crippen LogP) is 4.01. The number of benzene rings is 1. The van der Waals surface area contributed by atoms with Crippen molar-refractivity contribution in [2.45, 2.75) is 25.4 Å². The summed E-state index contributed by atoms with van der Waals surface area (Å²) in [6.45, 7) is 4.00. The van der Waals surface area contributed by atoms with Crippen LogP contribution in [0.4, 0.5) is 0 Å². The molecule has 0 aliphatic carbocycles. The first-order valence-corrected chi connectivity index (χ1v) is 8.08. The molecule has 0 unspecified atom stereocenters. The lowest BCUT2D eigenvalue weighted by Gasteiger charge is -2.04. The number of thioether (sulfide) groups is 1. The highest BCUT2D eigenvalue weighted by Gasteiger charge is 2.13. The topological polar surface area (TPSA) is 63.1 Å². The van der Waals surface area contributed by atoms with Crippen LogP contribution in [0, 0.1) is 0 Å². The first-order chi connectivity index (χ1) is 10.1. The molecule has 0 saturated carbocycles. The monoisotopic (exact) mass is 324 g/mol. The van der Waals surface area contributed by atoms with Crippen molar-refractivity contribution in [1.82, 2.24) is 9.97 Å². The molecule has 112 valence electrons. The van der Waals surface area contributed by atoms with E-state index in [0.717, 1.165) is 0 Å².